The van der Waals surface area contributed by atoms with E-state index in [1.807, 2.05) is 23.6 Å². The summed E-state index contributed by atoms with van der Waals surface area (Å²) in [5.74, 6) is 1.46. The van der Waals surface area contributed by atoms with E-state index >= 15 is 0 Å². The van der Waals surface area contributed by atoms with Gasteiger partial charge in [0.1, 0.15) is 6.61 Å². The predicted molar refractivity (Wildman–Crippen MR) is 107 cm³/mol. The van der Waals surface area contributed by atoms with Gasteiger partial charge in [-0.15, -0.1) is 11.3 Å². The minimum Gasteiger partial charge on any atom is -0.485 e. The molecule has 0 saturated carbocycles. The van der Waals surface area contributed by atoms with E-state index in [0.717, 1.165) is 11.3 Å². The molecule has 0 radical (unpaired) electrons. The van der Waals surface area contributed by atoms with Gasteiger partial charge in [0.15, 0.2) is 16.6 Å². The highest BCUT2D eigenvalue weighted by atomic mass is 32.1. The van der Waals surface area contributed by atoms with Gasteiger partial charge < -0.3 is 9.47 Å². The van der Waals surface area contributed by atoms with Crippen molar-refractivity contribution >= 4 is 22.4 Å². The molecule has 0 bridgehead atoms. The molecule has 1 atom stereocenters. The number of nitrogens with one attached hydrogen (secondary N) is 1. The van der Waals surface area contributed by atoms with Crippen LogP contribution in [0.2, 0.25) is 0 Å². The molecule has 5 nitrogen and oxygen atoms in total. The van der Waals surface area contributed by atoms with Crippen molar-refractivity contribution < 1.29 is 14.3 Å². The SMILES string of the molecule is CC(C)c1ccc(-c2csc(NC(=O)[C@@H]3COc4ccccc4O3)n2)cc1. The highest BCUT2D eigenvalue weighted by Gasteiger charge is 2.27. The lowest BCUT2D eigenvalue weighted by molar-refractivity contribution is -0.125. The molecule has 1 aromatic heterocycles. The molecule has 3 aromatic rings. The number of hydrogen-bond acceptors (Lipinski definition) is 5. The topological polar surface area (TPSA) is 60.5 Å². The molecule has 138 valence electrons. The van der Waals surface area contributed by atoms with Crippen LogP contribution >= 0.6 is 11.3 Å². The summed E-state index contributed by atoms with van der Waals surface area (Å²) in [6.07, 6.45) is -0.697. The lowest BCUT2D eigenvalue weighted by Crippen LogP contribution is -2.40. The molecule has 0 spiro atoms. The molecule has 27 heavy (non-hydrogen) atoms. The van der Waals surface area contributed by atoms with Crippen LogP contribution in [0.15, 0.2) is 53.9 Å². The van der Waals surface area contributed by atoms with Crippen molar-refractivity contribution in [1.29, 1.82) is 0 Å². The molecule has 0 saturated heterocycles. The number of benzene rings is 2. The van der Waals surface area contributed by atoms with Crippen molar-refractivity contribution in [2.75, 3.05) is 11.9 Å². The average molecular weight is 380 g/mol. The van der Waals surface area contributed by atoms with Gasteiger partial charge >= 0.3 is 0 Å². The second-order valence-electron chi connectivity index (χ2n) is 6.67. The van der Waals surface area contributed by atoms with E-state index in [0.29, 0.717) is 22.5 Å². The highest BCUT2D eigenvalue weighted by molar-refractivity contribution is 7.14. The fourth-order valence-corrected chi connectivity index (χ4v) is 3.56. The Morgan fingerprint density at radius 1 is 1.15 bits per heavy atom. The van der Waals surface area contributed by atoms with Crippen LogP contribution < -0.4 is 14.8 Å². The first-order valence-corrected chi connectivity index (χ1v) is 9.73. The highest BCUT2D eigenvalue weighted by Crippen LogP contribution is 2.31. The summed E-state index contributed by atoms with van der Waals surface area (Å²) in [5, 5.41) is 5.31. The minimum absolute atomic E-state index is 0.178. The zero-order valence-electron chi connectivity index (χ0n) is 15.1. The number of hydrogen-bond donors (Lipinski definition) is 1. The van der Waals surface area contributed by atoms with Crippen LogP contribution in [0.3, 0.4) is 0 Å². The molecular weight excluding hydrogens is 360 g/mol. The summed E-state index contributed by atoms with van der Waals surface area (Å²) in [5.41, 5.74) is 3.16. The van der Waals surface area contributed by atoms with E-state index in [4.69, 9.17) is 9.47 Å². The lowest BCUT2D eigenvalue weighted by atomic mass is 10.0. The summed E-state index contributed by atoms with van der Waals surface area (Å²) >= 11 is 1.39. The van der Waals surface area contributed by atoms with Crippen molar-refractivity contribution in [1.82, 2.24) is 4.98 Å². The van der Waals surface area contributed by atoms with Gasteiger partial charge in [-0.2, -0.15) is 0 Å². The quantitative estimate of drug-likeness (QED) is 0.712. The third kappa shape index (κ3) is 3.80. The summed E-state index contributed by atoms with van der Waals surface area (Å²) in [6.45, 7) is 4.51. The van der Waals surface area contributed by atoms with Gasteiger partial charge in [0.25, 0.3) is 5.91 Å². The fourth-order valence-electron chi connectivity index (χ4n) is 2.84. The number of rotatable bonds is 4. The molecule has 1 aliphatic rings. The first kappa shape index (κ1) is 17.5. The van der Waals surface area contributed by atoms with Gasteiger partial charge in [0.2, 0.25) is 6.10 Å². The molecule has 4 rings (SSSR count). The summed E-state index contributed by atoms with van der Waals surface area (Å²) in [7, 11) is 0. The smallest absolute Gasteiger partial charge is 0.270 e. The lowest BCUT2D eigenvalue weighted by Gasteiger charge is -2.25. The Kier molecular flexibility index (Phi) is 4.81. The summed E-state index contributed by atoms with van der Waals surface area (Å²) in [4.78, 5) is 17.0. The van der Waals surface area contributed by atoms with Gasteiger partial charge in [-0.3, -0.25) is 10.1 Å². The fraction of sp³-hybridized carbons (Fsp3) is 0.238. The molecule has 2 aromatic carbocycles. The van der Waals surface area contributed by atoms with E-state index in [2.05, 4.69) is 48.4 Å². The normalized spacial score (nSPS) is 15.6. The van der Waals surface area contributed by atoms with E-state index in [1.165, 1.54) is 16.9 Å². The summed E-state index contributed by atoms with van der Waals surface area (Å²) < 4.78 is 11.3. The number of nitrogens with zero attached hydrogens (tertiary/aromatic N) is 1. The molecule has 6 heteroatoms. The third-order valence-corrected chi connectivity index (χ3v) is 5.17. The molecule has 1 amide bonds. The van der Waals surface area contributed by atoms with E-state index < -0.39 is 6.10 Å². The maximum absolute atomic E-state index is 12.5. The van der Waals surface area contributed by atoms with Crippen LogP contribution in [0.1, 0.15) is 25.3 Å². The maximum atomic E-state index is 12.5. The van der Waals surface area contributed by atoms with Gasteiger partial charge in [0, 0.05) is 10.9 Å². The Hall–Kier alpha value is -2.86. The predicted octanol–water partition coefficient (Wildman–Crippen LogP) is 4.71. The van der Waals surface area contributed by atoms with Gasteiger partial charge in [-0.05, 0) is 23.6 Å². The number of carbonyl (C=O) groups excluding carboxylic acids is 1. The first-order valence-electron chi connectivity index (χ1n) is 8.85. The molecular formula is C21H20N2O3S. The van der Waals surface area contributed by atoms with E-state index in [9.17, 15) is 4.79 Å². The Morgan fingerprint density at radius 3 is 2.63 bits per heavy atom. The Balaban J connectivity index is 1.43. The van der Waals surface area contributed by atoms with Crippen molar-refractivity contribution in [3.05, 3.63) is 59.5 Å². The molecule has 0 unspecified atom stereocenters. The number of aromatic nitrogens is 1. The molecule has 0 aliphatic carbocycles. The number of anilines is 1. The Morgan fingerprint density at radius 2 is 1.89 bits per heavy atom. The van der Waals surface area contributed by atoms with E-state index in [1.54, 1.807) is 6.07 Å². The molecule has 0 fully saturated rings. The van der Waals surface area contributed by atoms with Crippen LogP contribution in [0.5, 0.6) is 11.5 Å². The maximum Gasteiger partial charge on any atom is 0.270 e. The Bertz CT molecular complexity index is 950. The number of thiazole rings is 1. The van der Waals surface area contributed by atoms with E-state index in [-0.39, 0.29) is 12.5 Å². The Labute approximate surface area is 162 Å². The number of carbonyl (C=O) groups is 1. The van der Waals surface area contributed by atoms with Crippen molar-refractivity contribution in [3.63, 3.8) is 0 Å². The van der Waals surface area contributed by atoms with Gasteiger partial charge in [-0.25, -0.2) is 4.98 Å². The van der Waals surface area contributed by atoms with Crippen molar-refractivity contribution in [3.8, 4) is 22.8 Å². The minimum atomic E-state index is -0.697. The van der Waals surface area contributed by atoms with Crippen molar-refractivity contribution in [2.24, 2.45) is 0 Å². The summed E-state index contributed by atoms with van der Waals surface area (Å²) in [6, 6.07) is 15.7. The monoisotopic (exact) mass is 380 g/mol. The van der Waals surface area contributed by atoms with Crippen LogP contribution in [0.25, 0.3) is 11.3 Å². The number of para-hydroxylation sites is 2. The van der Waals surface area contributed by atoms with Crippen molar-refractivity contribution in [2.45, 2.75) is 25.9 Å². The van der Waals surface area contributed by atoms with Crippen LogP contribution in [-0.2, 0) is 4.79 Å². The van der Waals surface area contributed by atoms with Crippen LogP contribution in [0.4, 0.5) is 5.13 Å². The first-order chi connectivity index (χ1) is 13.1. The zero-order valence-corrected chi connectivity index (χ0v) is 16.0. The number of ether oxygens (including phenoxy) is 2. The molecule has 1 N–H and O–H groups in total. The zero-order chi connectivity index (χ0) is 18.8. The second kappa shape index (κ2) is 7.40. The molecule has 2 heterocycles. The largest absolute Gasteiger partial charge is 0.485 e. The average Bonchev–Trinajstić information content (AvgIpc) is 3.16. The second-order valence-corrected chi connectivity index (χ2v) is 7.53. The van der Waals surface area contributed by atoms with Gasteiger partial charge in [-0.1, -0.05) is 50.2 Å². The standard InChI is InChI=1S/C21H20N2O3S/c1-13(2)14-7-9-15(10-8-14)16-12-27-21(22-16)23-20(24)19-11-25-17-5-3-4-6-18(17)26-19/h3-10,12-13,19H,11H2,1-2H3,(H,22,23,24)/t19-/m0/s1. The van der Waals surface area contributed by atoms with Gasteiger partial charge in [0.05, 0.1) is 5.69 Å². The third-order valence-electron chi connectivity index (χ3n) is 4.41. The molecule has 1 aliphatic heterocycles. The van der Waals surface area contributed by atoms with Crippen LogP contribution in [0, 0.1) is 0 Å². The van der Waals surface area contributed by atoms with Crippen LogP contribution in [-0.4, -0.2) is 23.6 Å². The number of amides is 1. The number of fused-ring (bicyclic) bond motifs is 1.